The third-order valence-corrected chi connectivity index (χ3v) is 9.12. The molecule has 49 heavy (non-hydrogen) atoms. The van der Waals surface area contributed by atoms with Crippen molar-refractivity contribution >= 4 is 45.4 Å². The number of aliphatic hydroxyl groups is 3. The van der Waals surface area contributed by atoms with Gasteiger partial charge >= 0.3 is 0 Å². The summed E-state index contributed by atoms with van der Waals surface area (Å²) in [5, 5.41) is 34.4. The second-order valence-electron chi connectivity index (χ2n) is 11.4. The standard InChI is InChI=1S/C36H39IN2O10/c1-45-25-8-4-6-21(14-25)10-12-39(36(44)31-18-23-7-5-9-28(46-2)33(23)49-31)27-17-24(35(43)38-11-13-40)19-29(32(27)42)48-34-26(37)15-22(20-41)16-30(34)47-3/h4-9,14-16,18-19,27,29,32,40-42H,10-13,17,20H2,1-3H3,(H,38,43)/t27-,29+,32+/m1/s1. The van der Waals surface area contributed by atoms with E-state index in [0.717, 1.165) is 5.56 Å². The Morgan fingerprint density at radius 3 is 2.47 bits per heavy atom. The van der Waals surface area contributed by atoms with Gasteiger partial charge in [0.25, 0.3) is 5.91 Å². The lowest BCUT2D eigenvalue weighted by Gasteiger charge is -2.40. The molecule has 1 aliphatic carbocycles. The minimum atomic E-state index is -1.31. The average Bonchev–Trinajstić information content (AvgIpc) is 3.57. The molecule has 5 rings (SSSR count). The normalized spacial score (nSPS) is 17.3. The van der Waals surface area contributed by atoms with Crippen LogP contribution in [0, 0.1) is 3.57 Å². The molecule has 4 N–H and O–H groups in total. The summed E-state index contributed by atoms with van der Waals surface area (Å²) in [7, 11) is 4.55. The van der Waals surface area contributed by atoms with E-state index in [1.165, 1.54) is 25.2 Å². The maximum atomic E-state index is 14.5. The maximum absolute atomic E-state index is 14.5. The summed E-state index contributed by atoms with van der Waals surface area (Å²) in [4.78, 5) is 29.3. The smallest absolute Gasteiger partial charge is 0.289 e. The van der Waals surface area contributed by atoms with Crippen LogP contribution in [0.2, 0.25) is 0 Å². The molecule has 0 radical (unpaired) electrons. The van der Waals surface area contributed by atoms with E-state index in [1.54, 1.807) is 43.5 Å². The minimum Gasteiger partial charge on any atom is -0.497 e. The number of fused-ring (bicyclic) bond motifs is 1. The van der Waals surface area contributed by atoms with Gasteiger partial charge in [-0.1, -0.05) is 24.3 Å². The highest BCUT2D eigenvalue weighted by molar-refractivity contribution is 14.1. The Bertz CT molecular complexity index is 1820. The molecule has 0 unspecified atom stereocenters. The zero-order chi connectivity index (χ0) is 35.1. The molecule has 0 fully saturated rings. The molecule has 1 aromatic heterocycles. The van der Waals surface area contributed by atoms with Gasteiger partial charge in [-0.2, -0.15) is 0 Å². The molecule has 3 atom stereocenters. The first-order chi connectivity index (χ1) is 23.7. The van der Waals surface area contributed by atoms with Crippen LogP contribution in [0.1, 0.15) is 28.1 Å². The van der Waals surface area contributed by atoms with Crippen molar-refractivity contribution in [3.8, 4) is 23.0 Å². The van der Waals surface area contributed by atoms with Crippen LogP contribution in [0.5, 0.6) is 23.0 Å². The number of nitrogens with zero attached hydrogens (tertiary/aromatic N) is 1. The van der Waals surface area contributed by atoms with E-state index < -0.39 is 30.1 Å². The van der Waals surface area contributed by atoms with Crippen LogP contribution in [0.25, 0.3) is 11.0 Å². The molecule has 0 spiro atoms. The van der Waals surface area contributed by atoms with E-state index in [4.69, 9.17) is 23.4 Å². The van der Waals surface area contributed by atoms with Crippen molar-refractivity contribution in [1.29, 1.82) is 0 Å². The fourth-order valence-electron chi connectivity index (χ4n) is 5.83. The van der Waals surface area contributed by atoms with Crippen LogP contribution >= 0.6 is 22.6 Å². The summed E-state index contributed by atoms with van der Waals surface area (Å²) >= 11 is 2.05. The largest absolute Gasteiger partial charge is 0.497 e. The molecule has 4 aromatic rings. The number of hydrogen-bond acceptors (Lipinski definition) is 10. The zero-order valence-electron chi connectivity index (χ0n) is 27.4. The Hall–Kier alpha value is -4.31. The van der Waals surface area contributed by atoms with E-state index >= 15 is 0 Å². The van der Waals surface area contributed by atoms with Gasteiger partial charge in [-0.25, -0.2) is 0 Å². The molecule has 260 valence electrons. The lowest BCUT2D eigenvalue weighted by Crippen LogP contribution is -2.55. The van der Waals surface area contributed by atoms with Crippen LogP contribution in [0.4, 0.5) is 0 Å². The number of carbonyl (C=O) groups excluding carboxylic acids is 2. The number of ether oxygens (including phenoxy) is 4. The Balaban J connectivity index is 1.56. The Morgan fingerprint density at radius 2 is 1.76 bits per heavy atom. The highest BCUT2D eigenvalue weighted by Gasteiger charge is 2.42. The SMILES string of the molecule is COc1cccc(CCN(C(=O)c2cc3cccc(OC)c3o2)[C@@H]2CC(C(=O)NCCO)=C[C@H](Oc3c(I)cc(CO)cc3OC)[C@H]2O)c1. The van der Waals surface area contributed by atoms with Gasteiger partial charge in [0.1, 0.15) is 18.0 Å². The quantitative estimate of drug-likeness (QED) is 0.138. The highest BCUT2D eigenvalue weighted by Crippen LogP contribution is 2.38. The second kappa shape index (κ2) is 16.4. The van der Waals surface area contributed by atoms with Crippen molar-refractivity contribution in [2.24, 2.45) is 0 Å². The van der Waals surface area contributed by atoms with Crippen LogP contribution in [-0.2, 0) is 17.8 Å². The van der Waals surface area contributed by atoms with Crippen molar-refractivity contribution < 1.29 is 48.3 Å². The van der Waals surface area contributed by atoms with Gasteiger partial charge in [-0.3, -0.25) is 9.59 Å². The molecule has 0 aliphatic heterocycles. The van der Waals surface area contributed by atoms with Crippen LogP contribution in [0.3, 0.4) is 0 Å². The topological polar surface area (TPSA) is 160 Å². The summed E-state index contributed by atoms with van der Waals surface area (Å²) in [5.41, 5.74) is 2.16. The third kappa shape index (κ3) is 8.12. The number of para-hydroxylation sites is 1. The first kappa shape index (κ1) is 36.0. The maximum Gasteiger partial charge on any atom is 0.289 e. The van der Waals surface area contributed by atoms with Gasteiger partial charge in [0.2, 0.25) is 5.91 Å². The summed E-state index contributed by atoms with van der Waals surface area (Å²) < 4.78 is 29.4. The number of amides is 2. The number of hydrogen-bond donors (Lipinski definition) is 4. The van der Waals surface area contributed by atoms with Gasteiger partial charge in [0.15, 0.2) is 28.6 Å². The van der Waals surface area contributed by atoms with Crippen molar-refractivity contribution in [3.05, 3.63) is 92.8 Å². The lowest BCUT2D eigenvalue weighted by atomic mass is 9.87. The van der Waals surface area contributed by atoms with E-state index in [9.17, 15) is 24.9 Å². The number of nitrogens with one attached hydrogen (secondary N) is 1. The van der Waals surface area contributed by atoms with Gasteiger partial charge < -0.3 is 48.9 Å². The highest BCUT2D eigenvalue weighted by atomic mass is 127. The average molecular weight is 787 g/mol. The Morgan fingerprint density at radius 1 is 0.980 bits per heavy atom. The van der Waals surface area contributed by atoms with Crippen molar-refractivity contribution in [2.75, 3.05) is 41.0 Å². The number of aliphatic hydroxyl groups excluding tert-OH is 3. The van der Waals surface area contributed by atoms with E-state index in [1.807, 2.05) is 24.3 Å². The van der Waals surface area contributed by atoms with Crippen molar-refractivity contribution in [1.82, 2.24) is 10.2 Å². The van der Waals surface area contributed by atoms with Crippen molar-refractivity contribution in [2.45, 2.75) is 37.7 Å². The molecule has 13 heteroatoms. The van der Waals surface area contributed by atoms with E-state index in [2.05, 4.69) is 27.9 Å². The predicted molar refractivity (Wildman–Crippen MR) is 189 cm³/mol. The Kier molecular flexibility index (Phi) is 12.0. The molecule has 0 saturated heterocycles. The number of halogens is 1. The molecule has 3 aromatic carbocycles. The zero-order valence-corrected chi connectivity index (χ0v) is 29.5. The predicted octanol–water partition coefficient (Wildman–Crippen LogP) is 3.86. The number of rotatable bonds is 14. The fourth-order valence-corrected chi connectivity index (χ4v) is 6.63. The molecule has 0 bridgehead atoms. The van der Waals surface area contributed by atoms with E-state index in [-0.39, 0.29) is 44.1 Å². The van der Waals surface area contributed by atoms with Gasteiger partial charge in [-0.15, -0.1) is 0 Å². The lowest BCUT2D eigenvalue weighted by molar-refractivity contribution is -0.118. The van der Waals surface area contributed by atoms with Crippen LogP contribution < -0.4 is 24.3 Å². The first-order valence-electron chi connectivity index (χ1n) is 15.6. The second-order valence-corrected chi connectivity index (χ2v) is 12.5. The summed E-state index contributed by atoms with van der Waals surface area (Å²) in [6.07, 6.45) is -0.492. The summed E-state index contributed by atoms with van der Waals surface area (Å²) in [6.45, 7) is -0.319. The fraction of sp³-hybridized carbons (Fsp3) is 0.333. The third-order valence-electron chi connectivity index (χ3n) is 8.32. The van der Waals surface area contributed by atoms with Crippen LogP contribution in [0.15, 0.2) is 76.7 Å². The molecule has 1 heterocycles. The molecular weight excluding hydrogens is 747 g/mol. The summed E-state index contributed by atoms with van der Waals surface area (Å²) in [6, 6.07) is 16.8. The van der Waals surface area contributed by atoms with Crippen molar-refractivity contribution in [3.63, 3.8) is 0 Å². The molecule has 2 amide bonds. The molecule has 12 nitrogen and oxygen atoms in total. The Labute approximate surface area is 297 Å². The minimum absolute atomic E-state index is 0.0105. The van der Waals surface area contributed by atoms with Gasteiger partial charge in [0.05, 0.1) is 44.2 Å². The number of methoxy groups -OCH3 is 3. The van der Waals surface area contributed by atoms with Gasteiger partial charge in [-0.05, 0) is 82.6 Å². The molecular formula is C36H39IN2O10. The summed E-state index contributed by atoms with van der Waals surface area (Å²) in [5.74, 6) is 0.819. The molecule has 0 saturated carbocycles. The first-order valence-corrected chi connectivity index (χ1v) is 16.7. The van der Waals surface area contributed by atoms with Crippen LogP contribution in [-0.4, -0.2) is 91.3 Å². The number of furan rings is 1. The monoisotopic (exact) mass is 786 g/mol. The number of carbonyl (C=O) groups is 2. The number of benzene rings is 3. The van der Waals surface area contributed by atoms with E-state index in [0.29, 0.717) is 49.5 Å². The van der Waals surface area contributed by atoms with Gasteiger partial charge in [0, 0.05) is 30.5 Å². The molecule has 1 aliphatic rings.